The van der Waals surface area contributed by atoms with E-state index in [0.717, 1.165) is 31.8 Å². The van der Waals surface area contributed by atoms with E-state index in [0.29, 0.717) is 12.3 Å². The monoisotopic (exact) mass is 631 g/mol. The summed E-state index contributed by atoms with van der Waals surface area (Å²) in [5.74, 6) is 1.55. The average Bonchev–Trinajstić information content (AvgIpc) is 3.13. The Morgan fingerprint density at radius 2 is 1.67 bits per heavy atom. The van der Waals surface area contributed by atoms with Gasteiger partial charge >= 0.3 is 0 Å². The number of nitrogens with zero attached hydrogens (tertiary/aromatic N) is 2. The van der Waals surface area contributed by atoms with Crippen LogP contribution in [0.1, 0.15) is 30.5 Å². The van der Waals surface area contributed by atoms with Gasteiger partial charge in [0.15, 0.2) is 0 Å². The van der Waals surface area contributed by atoms with Crippen LogP contribution in [0.15, 0.2) is 51.9 Å². The molecule has 0 saturated carbocycles. The van der Waals surface area contributed by atoms with Crippen LogP contribution in [0.2, 0.25) is 0 Å². The van der Waals surface area contributed by atoms with Crippen molar-refractivity contribution < 1.29 is 24.8 Å². The molecule has 10 heteroatoms. The molecule has 4 N–H and O–H groups in total. The Kier molecular flexibility index (Phi) is 10.1. The third-order valence-electron chi connectivity index (χ3n) is 6.22. The van der Waals surface area contributed by atoms with Gasteiger partial charge in [-0.2, -0.15) is 0 Å². The number of β-amino-alcohol motifs (C(OH)–C–C–N with tert-alkyl or cyclic N) is 1. The molecule has 0 saturated heterocycles. The topological polar surface area (TPSA) is 97.7 Å². The van der Waals surface area contributed by atoms with Crippen LogP contribution in [0, 0.1) is 6.92 Å². The Morgan fingerprint density at radius 1 is 1.03 bits per heavy atom. The lowest BCUT2D eigenvalue weighted by Crippen LogP contribution is -2.43. The van der Waals surface area contributed by atoms with Gasteiger partial charge in [-0.25, -0.2) is 0 Å². The van der Waals surface area contributed by atoms with E-state index >= 15 is 0 Å². The second kappa shape index (κ2) is 12.7. The number of halogens is 2. The minimum atomic E-state index is -0.723. The van der Waals surface area contributed by atoms with Crippen LogP contribution in [-0.2, 0) is 5.41 Å². The predicted molar refractivity (Wildman–Crippen MR) is 149 cm³/mol. The highest BCUT2D eigenvalue weighted by Crippen LogP contribution is 2.35. The number of alkyl halides is 1. The molecule has 8 nitrogen and oxygen atoms in total. The molecule has 2 atom stereocenters. The van der Waals surface area contributed by atoms with E-state index in [2.05, 4.69) is 48.0 Å². The van der Waals surface area contributed by atoms with Crippen LogP contribution < -0.4 is 15.0 Å². The second-order valence-corrected chi connectivity index (χ2v) is 10.7. The first-order chi connectivity index (χ1) is 17.1. The van der Waals surface area contributed by atoms with Crippen molar-refractivity contribution in [3.05, 3.63) is 68.6 Å². The van der Waals surface area contributed by atoms with Gasteiger partial charge in [-0.05, 0) is 64.4 Å². The summed E-state index contributed by atoms with van der Waals surface area (Å²) in [5.41, 5.74) is 6.84. The molecular weight excluding hydrogens is 597 g/mol. The van der Waals surface area contributed by atoms with Crippen molar-refractivity contribution in [2.24, 2.45) is 0 Å². The summed E-state index contributed by atoms with van der Waals surface area (Å²) < 4.78 is 12.4. The maximum absolute atomic E-state index is 10.5. The smallest absolute Gasteiger partial charge is 0.122 e. The van der Waals surface area contributed by atoms with Gasteiger partial charge in [-0.1, -0.05) is 38.1 Å². The molecule has 0 radical (unpaired) electrons. The van der Waals surface area contributed by atoms with Crippen molar-refractivity contribution in [2.75, 3.05) is 39.3 Å². The zero-order valence-corrected chi connectivity index (χ0v) is 24.0. The van der Waals surface area contributed by atoms with E-state index in [-0.39, 0.29) is 31.1 Å². The summed E-state index contributed by atoms with van der Waals surface area (Å²) in [5, 5.41) is 33.1. The van der Waals surface area contributed by atoms with Crippen LogP contribution in [0.5, 0.6) is 11.5 Å². The molecule has 198 valence electrons. The Hall–Kier alpha value is -1.76. The molecule has 1 aliphatic heterocycles. The van der Waals surface area contributed by atoms with E-state index in [1.807, 2.05) is 50.4 Å². The summed E-state index contributed by atoms with van der Waals surface area (Å²) in [7, 11) is 1.81. The maximum Gasteiger partial charge on any atom is 0.122 e. The first-order valence-corrected chi connectivity index (χ1v) is 13.3. The van der Waals surface area contributed by atoms with Crippen LogP contribution >= 0.6 is 34.2 Å². The fourth-order valence-electron chi connectivity index (χ4n) is 3.89. The molecule has 0 amide bonds. The minimum absolute atomic E-state index is 0.0796. The van der Waals surface area contributed by atoms with Crippen LogP contribution in [-0.4, -0.2) is 76.8 Å². The first kappa shape index (κ1) is 28.8. The molecule has 0 spiro atoms. The van der Waals surface area contributed by atoms with Gasteiger partial charge < -0.3 is 24.8 Å². The number of nitrogens with one attached hydrogen (secondary N) is 1. The summed E-state index contributed by atoms with van der Waals surface area (Å²) >= 11 is 7.78. The molecule has 3 rings (SSSR count). The molecule has 0 aromatic heterocycles. The first-order valence-electron chi connectivity index (χ1n) is 11.7. The van der Waals surface area contributed by atoms with Gasteiger partial charge in [0.25, 0.3) is 0 Å². The third-order valence-corrected chi connectivity index (χ3v) is 7.78. The average molecular weight is 632 g/mol. The highest BCUT2D eigenvalue weighted by molar-refractivity contribution is 14.1. The largest absolute Gasteiger partial charge is 0.491 e. The number of ether oxygens (including phenoxy) is 2. The van der Waals surface area contributed by atoms with Crippen molar-refractivity contribution >= 4 is 34.2 Å². The molecule has 36 heavy (non-hydrogen) atoms. The Labute approximate surface area is 231 Å². The van der Waals surface area contributed by atoms with E-state index in [9.17, 15) is 15.3 Å². The zero-order valence-electron chi connectivity index (χ0n) is 21.0. The number of aliphatic hydroxyl groups is 3. The van der Waals surface area contributed by atoms with Gasteiger partial charge in [0.05, 0.1) is 24.7 Å². The molecule has 2 aromatic carbocycles. The van der Waals surface area contributed by atoms with Crippen molar-refractivity contribution in [1.29, 1.82) is 0 Å². The Bertz CT molecular complexity index is 1050. The van der Waals surface area contributed by atoms with Crippen LogP contribution in [0.4, 0.5) is 0 Å². The van der Waals surface area contributed by atoms with Crippen molar-refractivity contribution in [3.8, 4) is 11.5 Å². The molecule has 0 fully saturated rings. The number of hydrogen-bond acceptors (Lipinski definition) is 8. The fraction of sp³-hybridized carbons (Fsp3) is 0.462. The number of hydrazine groups is 2. The van der Waals surface area contributed by atoms with Crippen molar-refractivity contribution in [2.45, 2.75) is 38.4 Å². The summed E-state index contributed by atoms with van der Waals surface area (Å²) in [6, 6.07) is 14.0. The highest BCUT2D eigenvalue weighted by atomic mass is 127. The lowest BCUT2D eigenvalue weighted by Gasteiger charge is -2.27. The number of likely N-dealkylation sites (N-methyl/N-ethyl adjacent to an activating group) is 1. The van der Waals surface area contributed by atoms with Gasteiger partial charge in [-0.15, -0.1) is 17.1 Å². The van der Waals surface area contributed by atoms with Gasteiger partial charge in [-0.3, -0.25) is 10.0 Å². The summed E-state index contributed by atoms with van der Waals surface area (Å²) in [6.45, 7) is 6.85. The molecule has 0 unspecified atom stereocenters. The third kappa shape index (κ3) is 6.96. The summed E-state index contributed by atoms with van der Waals surface area (Å²) in [6.07, 6.45) is -1.42. The van der Waals surface area contributed by atoms with Gasteiger partial charge in [0.1, 0.15) is 40.6 Å². The van der Waals surface area contributed by atoms with E-state index in [4.69, 9.17) is 21.1 Å². The fourth-order valence-corrected chi connectivity index (χ4v) is 4.82. The van der Waals surface area contributed by atoms with Crippen LogP contribution in [0.3, 0.4) is 0 Å². The van der Waals surface area contributed by atoms with Gasteiger partial charge in [0.2, 0.25) is 0 Å². The highest BCUT2D eigenvalue weighted by Gasteiger charge is 2.26. The second-order valence-electron chi connectivity index (χ2n) is 9.38. The number of hydrogen-bond donors (Lipinski definition) is 4. The van der Waals surface area contributed by atoms with Crippen LogP contribution in [0.25, 0.3) is 0 Å². The SMILES string of the molecule is Cc1cc(C(C)(C)c2ccc(OC[C@@H](O)CN3NN(C)C(CO)=C3I)cc2)ccc1OC[C@@H](O)CCl. The quantitative estimate of drug-likeness (QED) is 0.161. The Morgan fingerprint density at radius 3 is 2.25 bits per heavy atom. The molecule has 1 aliphatic rings. The maximum atomic E-state index is 10.5. The molecule has 0 bridgehead atoms. The zero-order chi connectivity index (χ0) is 26.5. The number of aliphatic hydroxyl groups excluding tert-OH is 3. The van der Waals surface area contributed by atoms with Gasteiger partial charge in [0, 0.05) is 12.5 Å². The molecule has 0 aliphatic carbocycles. The van der Waals surface area contributed by atoms with Crippen molar-refractivity contribution in [1.82, 2.24) is 15.6 Å². The number of aryl methyl sites for hydroxylation is 1. The predicted octanol–water partition coefficient (Wildman–Crippen LogP) is 3.30. The number of benzene rings is 2. The van der Waals surface area contributed by atoms with E-state index in [1.54, 1.807) is 10.0 Å². The molecule has 1 heterocycles. The molecular formula is C26H35ClIN3O5. The summed E-state index contributed by atoms with van der Waals surface area (Å²) in [4.78, 5) is 0. The van der Waals surface area contributed by atoms with E-state index in [1.165, 1.54) is 0 Å². The normalized spacial score (nSPS) is 15.9. The van der Waals surface area contributed by atoms with Crippen molar-refractivity contribution in [3.63, 3.8) is 0 Å². The van der Waals surface area contributed by atoms with E-state index < -0.39 is 12.2 Å². The molecule has 2 aromatic rings. The standard InChI is InChI=1S/C26H35ClIN3O5/c1-17-11-19(7-10-24(17)36-15-20(33)12-27)26(2,3)18-5-8-22(9-6-18)35-16-21(34)13-31-25(28)23(14-32)30(4)29-31/h5-11,20-21,29,32-34H,12-16H2,1-4H3/t20-,21-/m0/s1. The minimum Gasteiger partial charge on any atom is -0.491 e. The lowest BCUT2D eigenvalue weighted by atomic mass is 9.77. The lowest BCUT2D eigenvalue weighted by molar-refractivity contribution is 0.0479. The number of rotatable bonds is 12. The Balaban J connectivity index is 1.58.